The number of benzene rings is 3. The summed E-state index contributed by atoms with van der Waals surface area (Å²) in [7, 11) is -3.86. The number of halogens is 2. The van der Waals surface area contributed by atoms with Gasteiger partial charge in [-0.3, -0.25) is 9.36 Å². The third kappa shape index (κ3) is 4.49. The lowest BCUT2D eigenvalue weighted by atomic mass is 10.2. The second kappa shape index (κ2) is 9.15. The first-order valence-electron chi connectivity index (χ1n) is 9.75. The van der Waals surface area contributed by atoms with Crippen molar-refractivity contribution in [3.8, 4) is 5.69 Å². The fourth-order valence-corrected chi connectivity index (χ4v) is 5.04. The molecular weight excluding hydrogens is 514 g/mol. The summed E-state index contributed by atoms with van der Waals surface area (Å²) >= 11 is 9.19. The predicted octanol–water partition coefficient (Wildman–Crippen LogP) is 4.93. The molecular formula is C23H19BrClN3O3S. The number of fused-ring (bicyclic) bond motifs is 1. The smallest absolute Gasteiger partial charge is 0.266 e. The van der Waals surface area contributed by atoms with E-state index in [2.05, 4.69) is 25.6 Å². The Balaban J connectivity index is 1.82. The molecule has 4 rings (SSSR count). The second-order valence-electron chi connectivity index (χ2n) is 7.22. The summed E-state index contributed by atoms with van der Waals surface area (Å²) in [6.07, 6.45) is 0. The van der Waals surface area contributed by atoms with Crippen molar-refractivity contribution in [1.29, 1.82) is 0 Å². The molecule has 0 fully saturated rings. The first kappa shape index (κ1) is 22.7. The quantitative estimate of drug-likeness (QED) is 0.357. The molecule has 1 aromatic heterocycles. The lowest BCUT2D eigenvalue weighted by Gasteiger charge is -2.20. The zero-order valence-electron chi connectivity index (χ0n) is 17.0. The van der Waals surface area contributed by atoms with Crippen LogP contribution in [-0.4, -0.2) is 18.0 Å². The van der Waals surface area contributed by atoms with E-state index in [4.69, 9.17) is 11.6 Å². The lowest BCUT2D eigenvalue weighted by Crippen LogP contribution is -2.33. The Morgan fingerprint density at radius 3 is 2.34 bits per heavy atom. The van der Waals surface area contributed by atoms with E-state index in [1.54, 1.807) is 55.5 Å². The Hall–Kier alpha value is -2.52. The molecule has 6 nitrogen and oxygen atoms in total. The molecule has 1 heterocycles. The van der Waals surface area contributed by atoms with Crippen molar-refractivity contribution in [2.45, 2.75) is 23.7 Å². The molecule has 0 saturated heterocycles. The second-order valence-corrected chi connectivity index (χ2v) is 10.1. The van der Waals surface area contributed by atoms with Crippen LogP contribution < -0.4 is 10.3 Å². The molecule has 32 heavy (non-hydrogen) atoms. The third-order valence-electron chi connectivity index (χ3n) is 4.99. The van der Waals surface area contributed by atoms with Crippen LogP contribution in [0.5, 0.6) is 0 Å². The van der Waals surface area contributed by atoms with E-state index in [1.165, 1.54) is 16.7 Å². The molecule has 0 bridgehead atoms. The number of aromatic nitrogens is 2. The first-order chi connectivity index (χ1) is 15.3. The average molecular weight is 533 g/mol. The highest BCUT2D eigenvalue weighted by Crippen LogP contribution is 2.22. The van der Waals surface area contributed by atoms with Crippen molar-refractivity contribution in [1.82, 2.24) is 14.3 Å². The van der Waals surface area contributed by atoms with Crippen molar-refractivity contribution in [2.24, 2.45) is 0 Å². The van der Waals surface area contributed by atoms with Gasteiger partial charge >= 0.3 is 0 Å². The van der Waals surface area contributed by atoms with Crippen LogP contribution in [0.1, 0.15) is 24.4 Å². The summed E-state index contributed by atoms with van der Waals surface area (Å²) in [5, 5.41) is 0.450. The molecule has 0 spiro atoms. The van der Waals surface area contributed by atoms with Gasteiger partial charge in [0.25, 0.3) is 5.56 Å². The van der Waals surface area contributed by atoms with E-state index in [0.717, 1.165) is 10.0 Å². The van der Waals surface area contributed by atoms with Gasteiger partial charge in [-0.2, -0.15) is 0 Å². The predicted molar refractivity (Wildman–Crippen MR) is 130 cm³/mol. The monoisotopic (exact) mass is 531 g/mol. The number of nitrogens with one attached hydrogen (secondary N) is 1. The summed E-state index contributed by atoms with van der Waals surface area (Å²) in [6.45, 7) is 1.66. The van der Waals surface area contributed by atoms with Gasteiger partial charge in [0.05, 0.1) is 27.5 Å². The molecule has 4 aromatic rings. The van der Waals surface area contributed by atoms with Gasteiger partial charge < -0.3 is 0 Å². The Bertz CT molecular complexity index is 1440. The van der Waals surface area contributed by atoms with Crippen LogP contribution in [-0.2, 0) is 15.9 Å². The molecule has 1 N–H and O–H groups in total. The molecule has 0 saturated carbocycles. The van der Waals surface area contributed by atoms with Gasteiger partial charge in [-0.15, -0.1) is 11.6 Å². The van der Waals surface area contributed by atoms with Gasteiger partial charge in [0.15, 0.2) is 0 Å². The molecule has 0 amide bonds. The maximum Gasteiger partial charge on any atom is 0.266 e. The number of para-hydroxylation sites is 1. The van der Waals surface area contributed by atoms with Crippen LogP contribution in [0.4, 0.5) is 0 Å². The molecule has 1 unspecified atom stereocenters. The highest BCUT2D eigenvalue weighted by molar-refractivity contribution is 9.10. The van der Waals surface area contributed by atoms with Crippen molar-refractivity contribution in [3.05, 3.63) is 99.0 Å². The normalized spacial score (nSPS) is 12.7. The highest BCUT2D eigenvalue weighted by Gasteiger charge is 2.23. The molecule has 0 aliphatic heterocycles. The average Bonchev–Trinajstić information content (AvgIpc) is 2.79. The number of sulfonamides is 1. The number of rotatable bonds is 6. The van der Waals surface area contributed by atoms with Gasteiger partial charge in [0.1, 0.15) is 5.82 Å². The van der Waals surface area contributed by atoms with E-state index < -0.39 is 16.1 Å². The summed E-state index contributed by atoms with van der Waals surface area (Å²) < 4.78 is 30.9. The minimum absolute atomic E-state index is 0.108. The minimum Gasteiger partial charge on any atom is -0.268 e. The maximum absolute atomic E-state index is 13.4. The van der Waals surface area contributed by atoms with E-state index in [9.17, 15) is 13.2 Å². The zero-order chi connectivity index (χ0) is 22.9. The topological polar surface area (TPSA) is 81.1 Å². The maximum atomic E-state index is 13.4. The first-order valence-corrected chi connectivity index (χ1v) is 12.6. The number of hydrogen-bond acceptors (Lipinski definition) is 4. The van der Waals surface area contributed by atoms with Crippen LogP contribution in [0.25, 0.3) is 16.6 Å². The van der Waals surface area contributed by atoms with Crippen LogP contribution >= 0.6 is 27.5 Å². The van der Waals surface area contributed by atoms with Crippen molar-refractivity contribution in [2.75, 3.05) is 0 Å². The van der Waals surface area contributed by atoms with E-state index in [1.807, 2.05) is 12.1 Å². The SMILES string of the molecule is CC(NS(=O)(=O)c1ccc(CCl)cc1)c1nc2ccccc2c(=O)n1-c1ccc(Br)cc1. The van der Waals surface area contributed by atoms with Crippen molar-refractivity contribution < 1.29 is 8.42 Å². The van der Waals surface area contributed by atoms with Crippen LogP contribution in [0.15, 0.2) is 87.0 Å². The Morgan fingerprint density at radius 2 is 1.69 bits per heavy atom. The highest BCUT2D eigenvalue weighted by atomic mass is 79.9. The number of hydrogen-bond donors (Lipinski definition) is 1. The summed E-state index contributed by atoms with van der Waals surface area (Å²) in [5.74, 6) is 0.585. The standard InChI is InChI=1S/C23H19BrClN3O3S/c1-15(27-32(30,31)19-12-6-16(14-25)7-13-19)22-26-21-5-3-2-4-20(21)23(29)28(22)18-10-8-17(24)9-11-18/h2-13,15,27H,14H2,1H3. The Kier molecular flexibility index (Phi) is 6.48. The van der Waals surface area contributed by atoms with Gasteiger partial charge in [0, 0.05) is 10.4 Å². The van der Waals surface area contributed by atoms with E-state index in [0.29, 0.717) is 22.5 Å². The molecule has 9 heteroatoms. The minimum atomic E-state index is -3.86. The van der Waals surface area contributed by atoms with Gasteiger partial charge in [-0.25, -0.2) is 18.1 Å². The van der Waals surface area contributed by atoms with E-state index >= 15 is 0 Å². The number of nitrogens with zero attached hydrogens (tertiary/aromatic N) is 2. The lowest BCUT2D eigenvalue weighted by molar-refractivity contribution is 0.555. The van der Waals surface area contributed by atoms with E-state index in [-0.39, 0.29) is 16.3 Å². The van der Waals surface area contributed by atoms with Crippen LogP contribution in [0.3, 0.4) is 0 Å². The molecule has 0 radical (unpaired) electrons. The summed E-state index contributed by atoms with van der Waals surface area (Å²) in [6, 6.07) is 19.7. The summed E-state index contributed by atoms with van der Waals surface area (Å²) in [5.41, 5.74) is 1.63. The molecule has 164 valence electrons. The van der Waals surface area contributed by atoms with Gasteiger partial charge in [-0.1, -0.05) is 40.2 Å². The van der Waals surface area contributed by atoms with Crippen LogP contribution in [0.2, 0.25) is 0 Å². The van der Waals surface area contributed by atoms with Gasteiger partial charge in [0.2, 0.25) is 10.0 Å². The molecule has 0 aliphatic carbocycles. The van der Waals surface area contributed by atoms with Crippen LogP contribution in [0, 0.1) is 0 Å². The van der Waals surface area contributed by atoms with Crippen molar-refractivity contribution >= 4 is 48.5 Å². The molecule has 3 aromatic carbocycles. The third-order valence-corrected chi connectivity index (χ3v) is 7.39. The fourth-order valence-electron chi connectivity index (χ4n) is 3.39. The Morgan fingerprint density at radius 1 is 1.03 bits per heavy atom. The number of alkyl halides is 1. The largest absolute Gasteiger partial charge is 0.268 e. The summed E-state index contributed by atoms with van der Waals surface area (Å²) in [4.78, 5) is 18.1. The zero-order valence-corrected chi connectivity index (χ0v) is 20.2. The van der Waals surface area contributed by atoms with Gasteiger partial charge in [-0.05, 0) is 61.0 Å². The molecule has 1 atom stereocenters. The van der Waals surface area contributed by atoms with Crippen molar-refractivity contribution in [3.63, 3.8) is 0 Å². The molecule has 0 aliphatic rings. The Labute approximate surface area is 199 Å². The fraction of sp³-hybridized carbons (Fsp3) is 0.130.